The molecule has 9 heavy (non-hydrogen) atoms. The molecule has 56 valence electrons. The third-order valence-electron chi connectivity index (χ3n) is 0.312. The van der Waals surface area contributed by atoms with Crippen molar-refractivity contribution in [2.45, 2.75) is 0 Å². The molecule has 0 bridgehead atoms. The van der Waals surface area contributed by atoms with E-state index in [-0.39, 0.29) is 0 Å². The maximum Gasteiger partial charge on any atom is 0.345 e. The minimum Gasteiger partial charge on any atom is -0.0674 e. The topological polar surface area (TPSA) is 0 Å². The lowest BCUT2D eigenvalue weighted by Crippen LogP contribution is -1.44. The molecular weight excluding hydrogens is 306 g/mol. The summed E-state index contributed by atoms with van der Waals surface area (Å²) >= 11 is 32.8. The molecule has 0 saturated carbocycles. The maximum atomic E-state index is 5.58. The Bertz CT molecular complexity index is 82.8. The van der Waals surface area contributed by atoms with Crippen molar-refractivity contribution in [3.05, 3.63) is 0 Å². The second-order valence-corrected chi connectivity index (χ2v) is 23.6. The summed E-state index contributed by atoms with van der Waals surface area (Å²) in [6.07, 6.45) is -1.32. The minimum atomic E-state index is -2.55. The van der Waals surface area contributed by atoms with Crippen LogP contribution in [0, 0.1) is 0 Å². The molecule has 0 saturated heterocycles. The summed E-state index contributed by atoms with van der Waals surface area (Å²) in [6.45, 7) is -1.31. The Labute approximate surface area is 84.8 Å². The minimum absolute atomic E-state index is 1.31. The first-order chi connectivity index (χ1) is 3.85. The molecule has 0 aliphatic heterocycles. The standard InChI is InChI=1S/Cl6P3/c1-7(2)8(3)9(4,5)6/q+1. The van der Waals surface area contributed by atoms with Crippen molar-refractivity contribution in [2.24, 2.45) is 0 Å². The van der Waals surface area contributed by atoms with Crippen LogP contribution in [0.5, 0.6) is 0 Å². The summed E-state index contributed by atoms with van der Waals surface area (Å²) < 4.78 is 0. The summed E-state index contributed by atoms with van der Waals surface area (Å²) in [7, 11) is 0. The Kier molecular flexibility index (Phi) is 6.57. The van der Waals surface area contributed by atoms with Crippen molar-refractivity contribution in [1.29, 1.82) is 0 Å². The van der Waals surface area contributed by atoms with Gasteiger partial charge in [0, 0.05) is 0 Å². The van der Waals surface area contributed by atoms with Crippen molar-refractivity contribution in [3.8, 4) is 0 Å². The van der Waals surface area contributed by atoms with E-state index in [4.69, 9.17) is 67.4 Å². The normalized spacial score (nSPS) is 16.3. The van der Waals surface area contributed by atoms with E-state index in [0.29, 0.717) is 0 Å². The van der Waals surface area contributed by atoms with Crippen molar-refractivity contribution >= 4 is 85.4 Å². The Morgan fingerprint density at radius 3 is 1.22 bits per heavy atom. The van der Waals surface area contributed by atoms with Gasteiger partial charge in [-0.1, -0.05) is 22.5 Å². The van der Waals surface area contributed by atoms with Gasteiger partial charge in [-0.2, -0.15) is 0 Å². The van der Waals surface area contributed by atoms with Crippen molar-refractivity contribution < 1.29 is 0 Å². The van der Waals surface area contributed by atoms with E-state index in [0.717, 1.165) is 0 Å². The number of halogens is 6. The molecule has 0 nitrogen and oxygen atoms in total. The molecule has 0 N–H and O–H groups in total. The maximum absolute atomic E-state index is 5.58. The molecule has 0 aliphatic carbocycles. The van der Waals surface area contributed by atoms with Crippen LogP contribution in [0.4, 0.5) is 0 Å². The third kappa shape index (κ3) is 5.30. The van der Waals surface area contributed by atoms with Crippen LogP contribution in [0.1, 0.15) is 0 Å². The number of hydrogen-bond acceptors (Lipinski definition) is 0. The zero-order chi connectivity index (χ0) is 7.65. The highest BCUT2D eigenvalue weighted by Gasteiger charge is 2.48. The van der Waals surface area contributed by atoms with Crippen LogP contribution in [0.15, 0.2) is 0 Å². The lowest BCUT2D eigenvalue weighted by atomic mass is 29.3. The molecule has 0 amide bonds. The molecule has 1 atom stereocenters. The van der Waals surface area contributed by atoms with E-state index in [9.17, 15) is 0 Å². The Morgan fingerprint density at radius 1 is 0.889 bits per heavy atom. The summed E-state index contributed by atoms with van der Waals surface area (Å²) in [4.78, 5) is 0. The molecule has 0 spiro atoms. The largest absolute Gasteiger partial charge is 0.345 e. The molecule has 0 fully saturated rings. The smallest absolute Gasteiger partial charge is 0.0674 e. The molecule has 0 radical (unpaired) electrons. The van der Waals surface area contributed by atoms with E-state index in [1.807, 2.05) is 0 Å². The van der Waals surface area contributed by atoms with Crippen LogP contribution in [0.2, 0.25) is 0 Å². The van der Waals surface area contributed by atoms with Gasteiger partial charge in [0.25, 0.3) is 6.65 Å². The number of hydrogen-bond donors (Lipinski definition) is 0. The summed E-state index contributed by atoms with van der Waals surface area (Å²) in [5, 5.41) is -2.55. The lowest BCUT2D eigenvalue weighted by Gasteiger charge is -2.05. The first-order valence-electron chi connectivity index (χ1n) is 1.41. The van der Waals surface area contributed by atoms with Crippen LogP contribution >= 0.6 is 85.4 Å². The Balaban J connectivity index is 3.88. The Morgan fingerprint density at radius 2 is 1.22 bits per heavy atom. The van der Waals surface area contributed by atoms with Gasteiger partial charge in [0.05, 0.1) is 0 Å². The highest BCUT2D eigenvalue weighted by atomic mass is 36.1. The summed E-state index contributed by atoms with van der Waals surface area (Å²) in [5.74, 6) is 0. The van der Waals surface area contributed by atoms with Crippen LogP contribution < -0.4 is 0 Å². The fourth-order valence-electron chi connectivity index (χ4n) is 0.0767. The predicted octanol–water partition coefficient (Wildman–Crippen LogP) is 6.72. The van der Waals surface area contributed by atoms with Gasteiger partial charge >= 0.3 is 5.01 Å². The van der Waals surface area contributed by atoms with E-state index >= 15 is 0 Å². The van der Waals surface area contributed by atoms with Gasteiger partial charge in [-0.25, -0.2) is 0 Å². The first kappa shape index (κ1) is 12.0. The molecule has 0 heterocycles. The first-order valence-corrected chi connectivity index (χ1v) is 12.7. The van der Waals surface area contributed by atoms with Crippen molar-refractivity contribution in [2.75, 3.05) is 0 Å². The molecule has 0 aromatic carbocycles. The second kappa shape index (κ2) is 4.91. The summed E-state index contributed by atoms with van der Waals surface area (Å²) in [6, 6.07) is 0. The van der Waals surface area contributed by atoms with Crippen molar-refractivity contribution in [1.82, 2.24) is 0 Å². The average Bonchev–Trinajstić information content (AvgIpc) is 1.62. The molecule has 9 heteroatoms. The van der Waals surface area contributed by atoms with E-state index in [2.05, 4.69) is 0 Å². The Hall–Kier alpha value is 3.03. The van der Waals surface area contributed by atoms with Gasteiger partial charge in [-0.05, 0) is 11.2 Å². The third-order valence-corrected chi connectivity index (χ3v) is 25.3. The van der Waals surface area contributed by atoms with Gasteiger partial charge in [-0.15, -0.1) is 0 Å². The fourth-order valence-corrected chi connectivity index (χ4v) is 18.6. The monoisotopic (exact) mass is 303 g/mol. The van der Waals surface area contributed by atoms with Crippen molar-refractivity contribution in [3.63, 3.8) is 0 Å². The predicted molar refractivity (Wildman–Crippen MR) is 55.9 cm³/mol. The average molecular weight is 306 g/mol. The lowest BCUT2D eigenvalue weighted by molar-refractivity contribution is 4.27. The zero-order valence-corrected chi connectivity index (χ0v) is 10.8. The van der Waals surface area contributed by atoms with Crippen LogP contribution in [-0.4, -0.2) is 0 Å². The van der Waals surface area contributed by atoms with E-state index in [1.54, 1.807) is 0 Å². The molecule has 0 rings (SSSR count). The SMILES string of the molecule is ClP(Cl)P(Cl)[P+](Cl)(Cl)Cl. The van der Waals surface area contributed by atoms with Gasteiger partial charge in [0.2, 0.25) is 0 Å². The fraction of sp³-hybridized carbons (Fsp3) is 0. The van der Waals surface area contributed by atoms with Crippen LogP contribution in [-0.2, 0) is 0 Å². The highest BCUT2D eigenvalue weighted by molar-refractivity contribution is 8.94. The van der Waals surface area contributed by atoms with Gasteiger partial charge in [-0.3, -0.25) is 0 Å². The van der Waals surface area contributed by atoms with Gasteiger partial charge in [0.1, 0.15) is 33.7 Å². The van der Waals surface area contributed by atoms with Gasteiger partial charge in [0.15, 0.2) is 6.32 Å². The van der Waals surface area contributed by atoms with Gasteiger partial charge < -0.3 is 0 Å². The van der Waals surface area contributed by atoms with Crippen LogP contribution in [0.3, 0.4) is 0 Å². The summed E-state index contributed by atoms with van der Waals surface area (Å²) in [5.41, 5.74) is 0. The highest BCUT2D eigenvalue weighted by Crippen LogP contribution is 3.07. The molecular formula is Cl6P3+. The van der Waals surface area contributed by atoms with E-state index < -0.39 is 18.0 Å². The zero-order valence-electron chi connectivity index (χ0n) is 3.61. The quantitative estimate of drug-likeness (QED) is 0.497. The molecule has 1 unspecified atom stereocenters. The second-order valence-electron chi connectivity index (χ2n) is 0.874. The van der Waals surface area contributed by atoms with E-state index in [1.165, 1.54) is 0 Å². The molecule has 0 aromatic rings. The molecule has 0 aliphatic rings. The number of rotatable bonds is 2. The van der Waals surface area contributed by atoms with Crippen LogP contribution in [0.25, 0.3) is 0 Å². The molecule has 0 aromatic heterocycles.